The van der Waals surface area contributed by atoms with Gasteiger partial charge in [0.2, 0.25) is 0 Å². The number of hydrogen-bond acceptors (Lipinski definition) is 3. The molecule has 1 saturated carbocycles. The topological polar surface area (TPSA) is 24.5 Å². The number of hydrogen-bond donors (Lipinski definition) is 1. The predicted molar refractivity (Wildman–Crippen MR) is 75.9 cm³/mol. The first kappa shape index (κ1) is 14.3. The van der Waals surface area contributed by atoms with E-state index in [2.05, 4.69) is 31.0 Å². The molecule has 18 heavy (non-hydrogen) atoms. The van der Waals surface area contributed by atoms with E-state index in [1.54, 1.807) is 0 Å². The third-order valence-electron chi connectivity index (χ3n) is 4.60. The van der Waals surface area contributed by atoms with Crippen LogP contribution in [0.1, 0.15) is 52.9 Å². The Labute approximate surface area is 112 Å². The van der Waals surface area contributed by atoms with Gasteiger partial charge in [-0.15, -0.1) is 0 Å². The van der Waals surface area contributed by atoms with E-state index in [1.165, 1.54) is 32.1 Å². The van der Waals surface area contributed by atoms with Crippen LogP contribution in [-0.4, -0.2) is 48.8 Å². The number of nitrogens with one attached hydrogen (secondary N) is 1. The van der Waals surface area contributed by atoms with Crippen molar-refractivity contribution in [3.05, 3.63) is 0 Å². The van der Waals surface area contributed by atoms with Gasteiger partial charge >= 0.3 is 0 Å². The normalized spacial score (nSPS) is 38.8. The van der Waals surface area contributed by atoms with Crippen LogP contribution < -0.4 is 5.32 Å². The van der Waals surface area contributed by atoms with E-state index < -0.39 is 0 Å². The van der Waals surface area contributed by atoms with Crippen LogP contribution >= 0.6 is 0 Å². The molecule has 3 nitrogen and oxygen atoms in total. The molecule has 0 radical (unpaired) electrons. The molecule has 4 unspecified atom stereocenters. The van der Waals surface area contributed by atoms with Crippen molar-refractivity contribution in [1.82, 2.24) is 10.2 Å². The van der Waals surface area contributed by atoms with Gasteiger partial charge in [0.1, 0.15) is 0 Å². The summed E-state index contributed by atoms with van der Waals surface area (Å²) in [4.78, 5) is 2.75. The minimum atomic E-state index is 0.400. The maximum absolute atomic E-state index is 5.84. The van der Waals surface area contributed by atoms with E-state index in [1.807, 2.05) is 0 Å². The highest BCUT2D eigenvalue weighted by molar-refractivity contribution is 4.92. The molecule has 1 N–H and O–H groups in total. The third kappa shape index (κ3) is 3.25. The fourth-order valence-corrected chi connectivity index (χ4v) is 3.64. The first-order chi connectivity index (χ1) is 8.76. The highest BCUT2D eigenvalue weighted by Crippen LogP contribution is 2.28. The molecule has 2 fully saturated rings. The quantitative estimate of drug-likeness (QED) is 0.834. The van der Waals surface area contributed by atoms with E-state index in [0.717, 1.165) is 25.7 Å². The summed E-state index contributed by atoms with van der Waals surface area (Å²) in [5, 5.41) is 3.71. The van der Waals surface area contributed by atoms with E-state index in [0.29, 0.717) is 18.2 Å². The second-order valence-electron chi connectivity index (χ2n) is 5.92. The monoisotopic (exact) mass is 254 g/mol. The molecule has 1 heterocycles. The zero-order valence-corrected chi connectivity index (χ0v) is 12.3. The Morgan fingerprint density at radius 2 is 2.00 bits per heavy atom. The lowest BCUT2D eigenvalue weighted by Gasteiger charge is -2.47. The summed E-state index contributed by atoms with van der Waals surface area (Å²) in [5.41, 5.74) is 0. The Balaban J connectivity index is 2.04. The average Bonchev–Trinajstić information content (AvgIpc) is 2.40. The molecule has 0 aromatic rings. The number of ether oxygens (including phenoxy) is 1. The van der Waals surface area contributed by atoms with Gasteiger partial charge < -0.3 is 10.1 Å². The minimum absolute atomic E-state index is 0.400. The van der Waals surface area contributed by atoms with Crippen molar-refractivity contribution in [2.45, 2.75) is 77.1 Å². The summed E-state index contributed by atoms with van der Waals surface area (Å²) in [7, 11) is 0. The fraction of sp³-hybridized carbons (Fsp3) is 1.00. The molecule has 106 valence electrons. The van der Waals surface area contributed by atoms with Crippen molar-refractivity contribution in [2.75, 3.05) is 19.7 Å². The number of rotatable bonds is 4. The van der Waals surface area contributed by atoms with Crippen LogP contribution in [0.5, 0.6) is 0 Å². The largest absolute Gasteiger partial charge is 0.376 e. The smallest absolute Gasteiger partial charge is 0.0674 e. The van der Waals surface area contributed by atoms with Gasteiger partial charge in [-0.2, -0.15) is 0 Å². The molecule has 1 aliphatic heterocycles. The second-order valence-corrected chi connectivity index (χ2v) is 5.92. The summed E-state index contributed by atoms with van der Waals surface area (Å²) < 4.78 is 5.84. The molecule has 0 aromatic carbocycles. The van der Waals surface area contributed by atoms with Gasteiger partial charge in [0, 0.05) is 24.7 Å². The van der Waals surface area contributed by atoms with Crippen LogP contribution in [0.2, 0.25) is 0 Å². The molecule has 0 bridgehead atoms. The molecular weight excluding hydrogens is 224 g/mol. The number of morpholine rings is 1. The zero-order valence-electron chi connectivity index (χ0n) is 12.3. The van der Waals surface area contributed by atoms with Gasteiger partial charge in [-0.25, -0.2) is 0 Å². The van der Waals surface area contributed by atoms with Crippen molar-refractivity contribution in [3.63, 3.8) is 0 Å². The Morgan fingerprint density at radius 3 is 2.72 bits per heavy atom. The van der Waals surface area contributed by atoms with Crippen molar-refractivity contribution >= 4 is 0 Å². The van der Waals surface area contributed by atoms with E-state index in [4.69, 9.17) is 4.74 Å². The standard InChI is InChI=1S/C15H30N2O/c1-4-13-11-18-12(3)10-17(13)15-9-7-6-8-14(15)16-5-2/h12-16H,4-11H2,1-3H3. The summed E-state index contributed by atoms with van der Waals surface area (Å²) in [6.45, 7) is 9.87. The van der Waals surface area contributed by atoms with E-state index in [9.17, 15) is 0 Å². The van der Waals surface area contributed by atoms with Crippen molar-refractivity contribution in [3.8, 4) is 0 Å². The molecule has 1 saturated heterocycles. The van der Waals surface area contributed by atoms with Crippen LogP contribution in [0.4, 0.5) is 0 Å². The van der Waals surface area contributed by atoms with Crippen LogP contribution in [0.3, 0.4) is 0 Å². The number of likely N-dealkylation sites (N-methyl/N-ethyl adjacent to an activating group) is 1. The van der Waals surface area contributed by atoms with Crippen molar-refractivity contribution in [1.29, 1.82) is 0 Å². The Hall–Kier alpha value is -0.120. The Kier molecular flexibility index (Phi) is 5.46. The lowest BCUT2D eigenvalue weighted by molar-refractivity contribution is -0.0824. The first-order valence-electron chi connectivity index (χ1n) is 7.87. The summed E-state index contributed by atoms with van der Waals surface area (Å²) in [6, 6.07) is 2.06. The summed E-state index contributed by atoms with van der Waals surface area (Å²) >= 11 is 0. The van der Waals surface area contributed by atoms with Crippen molar-refractivity contribution < 1.29 is 4.74 Å². The predicted octanol–water partition coefficient (Wildman–Crippen LogP) is 2.41. The maximum Gasteiger partial charge on any atom is 0.0674 e. The Bertz CT molecular complexity index is 245. The molecule has 3 heteroatoms. The van der Waals surface area contributed by atoms with E-state index in [-0.39, 0.29) is 0 Å². The highest BCUT2D eigenvalue weighted by atomic mass is 16.5. The van der Waals surface area contributed by atoms with Gasteiger partial charge in [0.25, 0.3) is 0 Å². The molecule has 2 aliphatic rings. The van der Waals surface area contributed by atoms with E-state index >= 15 is 0 Å². The van der Waals surface area contributed by atoms with Gasteiger partial charge in [-0.1, -0.05) is 26.7 Å². The fourth-order valence-electron chi connectivity index (χ4n) is 3.64. The molecule has 0 amide bonds. The lowest BCUT2D eigenvalue weighted by Crippen LogP contribution is -2.60. The molecule has 1 aliphatic carbocycles. The van der Waals surface area contributed by atoms with Gasteiger partial charge in [-0.05, 0) is 32.7 Å². The molecular formula is C15H30N2O. The van der Waals surface area contributed by atoms with Crippen LogP contribution in [0.15, 0.2) is 0 Å². The minimum Gasteiger partial charge on any atom is -0.376 e. The molecule has 4 atom stereocenters. The summed E-state index contributed by atoms with van der Waals surface area (Å²) in [6.07, 6.45) is 7.11. The average molecular weight is 254 g/mol. The first-order valence-corrected chi connectivity index (χ1v) is 7.87. The maximum atomic E-state index is 5.84. The third-order valence-corrected chi connectivity index (χ3v) is 4.60. The highest BCUT2D eigenvalue weighted by Gasteiger charge is 2.36. The van der Waals surface area contributed by atoms with Gasteiger partial charge in [-0.3, -0.25) is 4.90 Å². The van der Waals surface area contributed by atoms with Crippen LogP contribution in [0, 0.1) is 0 Å². The molecule has 2 rings (SSSR count). The molecule has 0 aromatic heterocycles. The van der Waals surface area contributed by atoms with Gasteiger partial charge in [0.05, 0.1) is 12.7 Å². The van der Waals surface area contributed by atoms with Crippen LogP contribution in [-0.2, 0) is 4.74 Å². The van der Waals surface area contributed by atoms with Gasteiger partial charge in [0.15, 0.2) is 0 Å². The SMILES string of the molecule is CCNC1CCCCC1N1CC(C)OCC1CC. The molecule has 0 spiro atoms. The summed E-state index contributed by atoms with van der Waals surface area (Å²) in [5.74, 6) is 0. The Morgan fingerprint density at radius 1 is 1.22 bits per heavy atom. The lowest BCUT2D eigenvalue weighted by atomic mass is 9.87. The second kappa shape index (κ2) is 6.88. The number of nitrogens with zero attached hydrogens (tertiary/aromatic N) is 1. The van der Waals surface area contributed by atoms with Crippen LogP contribution in [0.25, 0.3) is 0 Å². The van der Waals surface area contributed by atoms with Crippen molar-refractivity contribution in [2.24, 2.45) is 0 Å². The zero-order chi connectivity index (χ0) is 13.0.